The van der Waals surface area contributed by atoms with Crippen LogP contribution in [0.5, 0.6) is 0 Å². The Bertz CT molecular complexity index is 447. The average molecular weight is 919 g/mol. The van der Waals surface area contributed by atoms with E-state index in [2.05, 4.69) is 14.7 Å². The average Bonchev–Trinajstić information content (AvgIpc) is 3.30. The largest absolute Gasteiger partial charge is 0.416 e. The number of halogens is 22. The van der Waals surface area contributed by atoms with E-state index in [1.54, 1.807) is 13.8 Å². The molecule has 0 aliphatic carbocycles. The van der Waals surface area contributed by atoms with Crippen molar-refractivity contribution in [3.05, 3.63) is 0 Å². The molecular weight excluding hydrogens is 842 g/mol. The normalized spacial score (nSPS) is 12.9. The van der Waals surface area contributed by atoms with Crippen LogP contribution in [0.4, 0.5) is 96.6 Å². The molecule has 1 aliphatic rings. The molecule has 0 aromatic rings. The van der Waals surface area contributed by atoms with E-state index in [0.29, 0.717) is 27.2 Å². The summed E-state index contributed by atoms with van der Waals surface area (Å²) in [5.74, 6) is -3.87. The highest BCUT2D eigenvalue weighted by Gasteiger charge is 2.57. The summed E-state index contributed by atoms with van der Waals surface area (Å²) in [6.45, 7) is -7.48. The van der Waals surface area contributed by atoms with Crippen molar-refractivity contribution in [2.75, 3.05) is 68.3 Å². The summed E-state index contributed by atoms with van der Waals surface area (Å²) in [4.78, 5) is 9.90. The fraction of sp³-hybridized carbons (Fsp3) is 1.00. The zero-order valence-corrected chi connectivity index (χ0v) is 24.3. The third-order valence-electron chi connectivity index (χ3n) is 2.04. The highest BCUT2D eigenvalue weighted by atomic mass is 19.4. The van der Waals surface area contributed by atoms with Gasteiger partial charge in [-0.25, -0.2) is 54.0 Å². The Hall–Kier alpha value is -1.70. The van der Waals surface area contributed by atoms with Crippen LogP contribution in [0, 0.1) is 0 Å². The van der Waals surface area contributed by atoms with Gasteiger partial charge in [-0.1, -0.05) is 88.1 Å². The molecule has 26 heteroatoms. The first-order chi connectivity index (χ1) is 21.2. The molecule has 0 saturated carbocycles. The first-order valence-electron chi connectivity index (χ1n) is 10.9. The monoisotopic (exact) mass is 919 g/mol. The quantitative estimate of drug-likeness (QED) is 0.170. The minimum Gasteiger partial charge on any atom is -0.255 e. The summed E-state index contributed by atoms with van der Waals surface area (Å²) in [6, 6.07) is 0. The van der Waals surface area contributed by atoms with E-state index in [1.807, 2.05) is 0 Å². The van der Waals surface area contributed by atoms with Crippen LogP contribution >= 0.6 is 0 Å². The maximum atomic E-state index is 12.1. The van der Waals surface area contributed by atoms with Crippen molar-refractivity contribution in [1.29, 1.82) is 0 Å². The van der Waals surface area contributed by atoms with Crippen LogP contribution in [-0.2, 0) is 14.7 Å². The molecule has 3 atom stereocenters. The van der Waals surface area contributed by atoms with Gasteiger partial charge in [-0.05, 0) is 12.8 Å². The van der Waals surface area contributed by atoms with Crippen LogP contribution in [-0.4, -0.2) is 111 Å². The Morgan fingerprint density at radius 2 is 0.768 bits per heavy atom. The molecule has 1 aliphatic heterocycles. The second kappa shape index (κ2) is 99.4. The predicted molar refractivity (Wildman–Crippen MR) is 188 cm³/mol. The maximum Gasteiger partial charge on any atom is 0.416 e. The van der Waals surface area contributed by atoms with E-state index in [-0.39, 0.29) is 87.6 Å². The zero-order valence-electron chi connectivity index (χ0n) is 24.3. The molecule has 0 aromatic carbocycles. The van der Waals surface area contributed by atoms with Crippen LogP contribution < -0.4 is 0 Å². The number of rotatable bonds is 5. The molecule has 1 heterocycles. The van der Waals surface area contributed by atoms with Gasteiger partial charge in [0, 0.05) is 0 Å². The Morgan fingerprint density at radius 1 is 0.571 bits per heavy atom. The standard InChI is InChI=1S/C4H4F4O2.2C3H7F.2C2H2F4.C2H4F2O2.2CH2F2.2CH3F.10CH4/c5-1-2-4(7,8)3(6)10-9-2;2*1-2-3-4;2*3-1-2(4,5)6;3-1-2(4)6-5;2*2-1-3;2*1-2;;;;;;;;;;/h2-3H,1H2;2*2-3H2,1H3;2*1H2;2,5H,1H2;2*1H2;2*1H3;10*1H4. The SMILES string of the molecule is C.C.C.C.C.C.C.C.C.C.CCCF.CCCF.CF.CF.FCC(F)(F)F.FCC(F)(F)F.FCC1OOC(F)C1(F)F.FCF.FCF.OOC(F)CF. The molecule has 1 saturated heterocycles. The third-order valence-corrected chi connectivity index (χ3v) is 2.04. The van der Waals surface area contributed by atoms with Crippen LogP contribution in [0.15, 0.2) is 0 Å². The molecule has 1 N–H and O–H groups in total. The topological polar surface area (TPSA) is 47.9 Å². The van der Waals surface area contributed by atoms with Gasteiger partial charge >= 0.3 is 18.3 Å². The Morgan fingerprint density at radius 3 is 0.804 bits per heavy atom. The lowest BCUT2D eigenvalue weighted by atomic mass is 10.2. The van der Waals surface area contributed by atoms with Gasteiger partial charge in [0.15, 0.2) is 19.5 Å². The smallest absolute Gasteiger partial charge is 0.255 e. The molecule has 1 fully saturated rings. The van der Waals surface area contributed by atoms with Crippen molar-refractivity contribution in [3.8, 4) is 0 Å². The van der Waals surface area contributed by atoms with Crippen LogP contribution in [0.3, 0.4) is 0 Å². The molecule has 0 amide bonds. The van der Waals surface area contributed by atoms with Crippen molar-refractivity contribution in [3.63, 3.8) is 0 Å². The second-order valence-corrected chi connectivity index (χ2v) is 5.57. The zero-order chi connectivity index (χ0) is 39.4. The molecule has 3 unspecified atom stereocenters. The van der Waals surface area contributed by atoms with E-state index in [9.17, 15) is 96.6 Å². The summed E-state index contributed by atoms with van der Waals surface area (Å²) >= 11 is 0. The first kappa shape index (κ1) is 124. The first-order valence-corrected chi connectivity index (χ1v) is 10.9. The summed E-state index contributed by atoms with van der Waals surface area (Å²) < 4.78 is 232. The fourth-order valence-corrected chi connectivity index (χ4v) is 0.547. The van der Waals surface area contributed by atoms with Crippen molar-refractivity contribution in [2.45, 2.75) is 138 Å². The molecule has 56 heavy (non-hydrogen) atoms. The van der Waals surface area contributed by atoms with Crippen LogP contribution in [0.25, 0.3) is 0 Å². The summed E-state index contributed by atoms with van der Waals surface area (Å²) in [7, 11) is 1.00. The van der Waals surface area contributed by atoms with E-state index >= 15 is 0 Å². The highest BCUT2D eigenvalue weighted by Crippen LogP contribution is 2.35. The molecule has 0 spiro atoms. The van der Waals surface area contributed by atoms with Gasteiger partial charge in [0.2, 0.25) is 13.9 Å². The third kappa shape index (κ3) is 160. The minimum atomic E-state index is -4.62. The summed E-state index contributed by atoms with van der Waals surface area (Å²) in [5.41, 5.74) is 0. The lowest BCUT2D eigenvalue weighted by molar-refractivity contribution is -0.320. The Balaban J connectivity index is -0.0000000162. The molecule has 1 rings (SSSR count). The van der Waals surface area contributed by atoms with Gasteiger partial charge in [-0.2, -0.15) is 44.9 Å². The lowest BCUT2D eigenvalue weighted by Gasteiger charge is -2.10. The van der Waals surface area contributed by atoms with Crippen LogP contribution in [0.1, 0.15) is 101 Å². The van der Waals surface area contributed by atoms with E-state index in [0.717, 1.165) is 0 Å². The molecular formula is C30H76F22O4. The number of alkyl halides is 22. The fourth-order valence-electron chi connectivity index (χ4n) is 0.547. The molecule has 0 aromatic heterocycles. The lowest BCUT2D eigenvalue weighted by Crippen LogP contribution is -2.36. The Kier molecular flexibility index (Phi) is 220. The van der Waals surface area contributed by atoms with Crippen molar-refractivity contribution in [1.82, 2.24) is 0 Å². The molecule has 0 radical (unpaired) electrons. The van der Waals surface area contributed by atoms with Gasteiger partial charge in [-0.15, -0.1) is 0 Å². The van der Waals surface area contributed by atoms with Gasteiger partial charge in [0.25, 0.3) is 12.7 Å². The van der Waals surface area contributed by atoms with Crippen molar-refractivity contribution >= 4 is 0 Å². The Labute approximate surface area is 323 Å². The molecule has 4 nitrogen and oxygen atoms in total. The predicted octanol–water partition coefficient (Wildman–Crippen LogP) is 17.0. The van der Waals surface area contributed by atoms with Gasteiger partial charge in [-0.3, -0.25) is 17.6 Å². The second-order valence-electron chi connectivity index (χ2n) is 5.57. The van der Waals surface area contributed by atoms with E-state index in [4.69, 9.17) is 5.26 Å². The summed E-state index contributed by atoms with van der Waals surface area (Å²) in [5, 5.41) is 7.22. The van der Waals surface area contributed by atoms with E-state index < -0.39 is 77.6 Å². The highest BCUT2D eigenvalue weighted by molar-refractivity contribution is 4.82. The van der Waals surface area contributed by atoms with Crippen LogP contribution in [0.2, 0.25) is 0 Å². The van der Waals surface area contributed by atoms with Crippen molar-refractivity contribution in [2.24, 2.45) is 0 Å². The maximum absolute atomic E-state index is 12.1. The van der Waals surface area contributed by atoms with E-state index in [1.165, 1.54) is 0 Å². The number of hydrogen-bond donors (Lipinski definition) is 1. The molecule has 374 valence electrons. The number of hydrogen-bond acceptors (Lipinski definition) is 4. The van der Waals surface area contributed by atoms with Gasteiger partial charge in [0.1, 0.15) is 13.3 Å². The summed E-state index contributed by atoms with van der Waals surface area (Å²) in [6.07, 6.45) is -15.1. The molecule has 0 bridgehead atoms. The minimum absolute atomic E-state index is 0. The van der Waals surface area contributed by atoms with Gasteiger partial charge < -0.3 is 0 Å². The van der Waals surface area contributed by atoms with Crippen molar-refractivity contribution < 1.29 is 117 Å². The van der Waals surface area contributed by atoms with Gasteiger partial charge in [0.05, 0.1) is 27.7 Å².